The summed E-state index contributed by atoms with van der Waals surface area (Å²) in [4.78, 5) is 16.4. The first-order valence-electron chi connectivity index (χ1n) is 8.59. The largest absolute Gasteiger partial charge is 0.618 e. The van der Waals surface area contributed by atoms with E-state index < -0.39 is 5.91 Å². The van der Waals surface area contributed by atoms with Gasteiger partial charge in [0.1, 0.15) is 0 Å². The van der Waals surface area contributed by atoms with Crippen LogP contribution in [-0.4, -0.2) is 31.0 Å². The van der Waals surface area contributed by atoms with E-state index in [1.54, 1.807) is 12.1 Å². The van der Waals surface area contributed by atoms with Gasteiger partial charge in [-0.25, -0.2) is 0 Å². The third kappa shape index (κ3) is 4.33. The summed E-state index contributed by atoms with van der Waals surface area (Å²) in [5.41, 5.74) is 2.77. The van der Waals surface area contributed by atoms with Crippen molar-refractivity contribution in [3.8, 4) is 0 Å². The Morgan fingerprint density at radius 1 is 0.778 bits per heavy atom. The lowest BCUT2D eigenvalue weighted by atomic mass is 10.2. The molecule has 0 heterocycles. The Morgan fingerprint density at radius 2 is 1.26 bits per heavy atom. The molecule has 0 aliphatic heterocycles. The quantitative estimate of drug-likeness (QED) is 0.295. The molecular formula is C22H21N3O2. The minimum Gasteiger partial charge on any atom is -0.618 e. The second-order valence-electron chi connectivity index (χ2n) is 6.21. The summed E-state index contributed by atoms with van der Waals surface area (Å²) >= 11 is 0. The topological polar surface area (TPSA) is 49.6 Å². The van der Waals surface area contributed by atoms with Gasteiger partial charge in [-0.2, -0.15) is 4.74 Å². The molecule has 0 saturated heterocycles. The summed E-state index contributed by atoms with van der Waals surface area (Å²) in [5.74, 6) is -0.418. The zero-order chi connectivity index (χ0) is 19.2. The maximum Gasteiger partial charge on any atom is 0.321 e. The Kier molecular flexibility index (Phi) is 5.52. The lowest BCUT2D eigenvalue weighted by Crippen LogP contribution is -2.29. The number of nitrogens with zero attached hydrogens (tertiary/aromatic N) is 3. The minimum atomic E-state index is -0.418. The molecule has 3 aromatic carbocycles. The van der Waals surface area contributed by atoms with E-state index in [9.17, 15) is 10.0 Å². The van der Waals surface area contributed by atoms with Crippen LogP contribution in [0.3, 0.4) is 0 Å². The number of carbonyl (C=O) groups is 1. The van der Waals surface area contributed by atoms with Crippen molar-refractivity contribution >= 4 is 34.9 Å². The van der Waals surface area contributed by atoms with E-state index in [0.29, 0.717) is 21.8 Å². The molecule has 0 saturated carbocycles. The van der Waals surface area contributed by atoms with Crippen molar-refractivity contribution in [1.82, 2.24) is 0 Å². The molecule has 0 N–H and O–H groups in total. The van der Waals surface area contributed by atoms with Crippen LogP contribution in [-0.2, 0) is 4.79 Å². The molecule has 0 unspecified atom stereocenters. The summed E-state index contributed by atoms with van der Waals surface area (Å²) in [6, 6.07) is 25.6. The van der Waals surface area contributed by atoms with Gasteiger partial charge in [-0.1, -0.05) is 36.4 Å². The maximum absolute atomic E-state index is 12.9. The summed E-state index contributed by atoms with van der Waals surface area (Å²) < 4.78 is 0.598. The highest BCUT2D eigenvalue weighted by molar-refractivity contribution is 6.33. The predicted molar refractivity (Wildman–Crippen MR) is 110 cm³/mol. The van der Waals surface area contributed by atoms with E-state index >= 15 is 0 Å². The molecule has 3 rings (SSSR count). The number of hydrogen-bond acceptors (Lipinski definition) is 3. The van der Waals surface area contributed by atoms with Crippen molar-refractivity contribution < 1.29 is 9.53 Å². The molecule has 0 bridgehead atoms. The zero-order valence-electron chi connectivity index (χ0n) is 15.3. The third-order valence-corrected chi connectivity index (χ3v) is 4.10. The highest BCUT2D eigenvalue weighted by Crippen LogP contribution is 2.25. The first kappa shape index (κ1) is 18.2. The lowest BCUT2D eigenvalue weighted by Gasteiger charge is -2.20. The van der Waals surface area contributed by atoms with Crippen LogP contribution in [0.25, 0.3) is 0 Å². The Hall–Kier alpha value is -3.60. The van der Waals surface area contributed by atoms with Gasteiger partial charge in [0.05, 0.1) is 0 Å². The van der Waals surface area contributed by atoms with Crippen molar-refractivity contribution in [3.63, 3.8) is 0 Å². The van der Waals surface area contributed by atoms with Crippen LogP contribution in [0.4, 0.5) is 22.7 Å². The molecule has 5 heteroatoms. The smallest absolute Gasteiger partial charge is 0.321 e. The number of carbonyl (C=O) groups excluding carboxylic acids is 1. The van der Waals surface area contributed by atoms with E-state index in [1.807, 2.05) is 91.8 Å². The van der Waals surface area contributed by atoms with Crippen LogP contribution < -0.4 is 9.80 Å². The number of benzene rings is 3. The molecule has 0 radical (unpaired) electrons. The number of rotatable bonds is 5. The number of anilines is 3. The van der Waals surface area contributed by atoms with Crippen LogP contribution in [0.1, 0.15) is 0 Å². The van der Waals surface area contributed by atoms with Gasteiger partial charge in [-0.3, -0.25) is 9.69 Å². The van der Waals surface area contributed by atoms with E-state index in [1.165, 1.54) is 4.90 Å². The zero-order valence-corrected chi connectivity index (χ0v) is 15.3. The Labute approximate surface area is 159 Å². The number of amides is 1. The summed E-state index contributed by atoms with van der Waals surface area (Å²) in [7, 11) is 3.86. The van der Waals surface area contributed by atoms with Crippen molar-refractivity contribution in [1.29, 1.82) is 0 Å². The fourth-order valence-electron chi connectivity index (χ4n) is 2.69. The standard InChI is InChI=1S/C22H21N3O2/c1-23(2)18-13-15-19(16-14-18)24(27)17-22(26)25(20-9-5-3-6-10-20)21-11-7-4-8-12-21/h3-17H,1-2H3/b24-17-. The van der Waals surface area contributed by atoms with Crippen molar-refractivity contribution in [2.45, 2.75) is 0 Å². The second kappa shape index (κ2) is 8.19. The molecule has 136 valence electrons. The molecule has 0 aliphatic rings. The minimum absolute atomic E-state index is 0.398. The SMILES string of the molecule is CN(C)c1ccc(/[N+]([O-])=C/C(=O)N(c2ccccc2)c2ccccc2)cc1. The monoisotopic (exact) mass is 359 g/mol. The molecule has 27 heavy (non-hydrogen) atoms. The van der Waals surface area contributed by atoms with Crippen LogP contribution in [0.2, 0.25) is 0 Å². The van der Waals surface area contributed by atoms with Crippen LogP contribution >= 0.6 is 0 Å². The van der Waals surface area contributed by atoms with Gasteiger partial charge in [-0.05, 0) is 36.4 Å². The van der Waals surface area contributed by atoms with Crippen LogP contribution in [0, 0.1) is 5.21 Å². The number of hydrogen-bond donors (Lipinski definition) is 0. The molecule has 1 amide bonds. The predicted octanol–water partition coefficient (Wildman–Crippen LogP) is 4.33. The first-order chi connectivity index (χ1) is 13.1. The normalized spacial score (nSPS) is 11.1. The molecule has 0 aromatic heterocycles. The van der Waals surface area contributed by atoms with Gasteiger partial charge in [0.2, 0.25) is 11.9 Å². The molecule has 0 spiro atoms. The number of para-hydroxylation sites is 2. The highest BCUT2D eigenvalue weighted by Gasteiger charge is 2.19. The molecule has 0 aliphatic carbocycles. The summed E-state index contributed by atoms with van der Waals surface area (Å²) in [6.07, 6.45) is 1.06. The van der Waals surface area contributed by atoms with E-state index in [0.717, 1.165) is 11.9 Å². The third-order valence-electron chi connectivity index (χ3n) is 4.10. The van der Waals surface area contributed by atoms with Crippen LogP contribution in [0.15, 0.2) is 84.9 Å². The van der Waals surface area contributed by atoms with E-state index in [-0.39, 0.29) is 0 Å². The molecular weight excluding hydrogens is 338 g/mol. The Balaban J connectivity index is 1.93. The fourth-order valence-corrected chi connectivity index (χ4v) is 2.69. The van der Waals surface area contributed by atoms with Gasteiger partial charge >= 0.3 is 5.91 Å². The molecule has 3 aromatic rings. The fraction of sp³-hybridized carbons (Fsp3) is 0.0909. The van der Waals surface area contributed by atoms with Crippen LogP contribution in [0.5, 0.6) is 0 Å². The van der Waals surface area contributed by atoms with Gasteiger partial charge in [0.25, 0.3) is 0 Å². The van der Waals surface area contributed by atoms with Gasteiger partial charge in [0, 0.05) is 43.3 Å². The van der Waals surface area contributed by atoms with Crippen molar-refractivity contribution in [2.24, 2.45) is 0 Å². The average molecular weight is 359 g/mol. The lowest BCUT2D eigenvalue weighted by molar-refractivity contribution is -0.354. The highest BCUT2D eigenvalue weighted by atomic mass is 16.5. The van der Waals surface area contributed by atoms with Gasteiger partial charge < -0.3 is 10.1 Å². The van der Waals surface area contributed by atoms with Crippen molar-refractivity contribution in [2.75, 3.05) is 23.9 Å². The molecule has 0 fully saturated rings. The Morgan fingerprint density at radius 3 is 1.70 bits per heavy atom. The molecule has 0 atom stereocenters. The first-order valence-corrected chi connectivity index (χ1v) is 8.59. The van der Waals surface area contributed by atoms with E-state index in [2.05, 4.69) is 0 Å². The average Bonchev–Trinajstić information content (AvgIpc) is 2.70. The maximum atomic E-state index is 12.9. The molecule has 5 nitrogen and oxygen atoms in total. The van der Waals surface area contributed by atoms with E-state index in [4.69, 9.17) is 0 Å². The summed E-state index contributed by atoms with van der Waals surface area (Å²) in [6.45, 7) is 0. The van der Waals surface area contributed by atoms with Gasteiger partial charge in [0.15, 0.2) is 0 Å². The second-order valence-corrected chi connectivity index (χ2v) is 6.21. The van der Waals surface area contributed by atoms with Gasteiger partial charge in [-0.15, -0.1) is 0 Å². The van der Waals surface area contributed by atoms with Crippen molar-refractivity contribution in [3.05, 3.63) is 90.1 Å². The summed E-state index contributed by atoms with van der Waals surface area (Å²) in [5, 5.41) is 12.5. The Bertz CT molecular complexity index is 881.